The zero-order valence-electron chi connectivity index (χ0n) is 18.3. The molecule has 1 saturated heterocycles. The second-order valence-corrected chi connectivity index (χ2v) is 9.40. The number of hydrogen-bond acceptors (Lipinski definition) is 5. The molecule has 0 amide bonds. The van der Waals surface area contributed by atoms with Crippen LogP contribution in [0.15, 0.2) is 18.2 Å². The lowest BCUT2D eigenvalue weighted by Crippen LogP contribution is -2.61. The van der Waals surface area contributed by atoms with Crippen LogP contribution in [0.2, 0.25) is 5.28 Å². The highest BCUT2D eigenvalue weighted by atomic mass is 35.5. The van der Waals surface area contributed by atoms with Gasteiger partial charge >= 0.3 is 0 Å². The molecular weight excluding hydrogens is 460 g/mol. The number of rotatable bonds is 8. The van der Waals surface area contributed by atoms with E-state index in [0.29, 0.717) is 25.1 Å². The van der Waals surface area contributed by atoms with Crippen LogP contribution in [0.3, 0.4) is 0 Å². The molecule has 2 atom stereocenters. The van der Waals surface area contributed by atoms with Crippen molar-refractivity contribution in [2.45, 2.75) is 50.7 Å². The number of ketones is 1. The monoisotopic (exact) mass is 484 g/mol. The molecule has 1 unspecified atom stereocenters. The first-order chi connectivity index (χ1) is 15.6. The minimum absolute atomic E-state index is 0.0159. The maximum atomic E-state index is 14.6. The number of fused-ring (bicyclic) bond motifs is 1. The van der Waals surface area contributed by atoms with Gasteiger partial charge in [0, 0.05) is 30.6 Å². The standard InChI is InChI=1S/C23H25ClF4N4O/c1-12(14-4-3-5-15(19(14)25)20(26)27)29-21-16-8-13(9-17(16)30-22(24)31-21)6-7-18(33)23(28)10-32(2)11-23/h3-5,12-13,20H,6-11H2,1-2H3,(H,29,30,31)/t12-,13?/m1/s1. The Morgan fingerprint density at radius 2 is 1.97 bits per heavy atom. The predicted octanol–water partition coefficient (Wildman–Crippen LogP) is 5.10. The fraction of sp³-hybridized carbons (Fsp3) is 0.522. The number of nitrogens with one attached hydrogen (secondary N) is 1. The van der Waals surface area contributed by atoms with Crippen molar-refractivity contribution in [3.05, 3.63) is 51.7 Å². The number of anilines is 1. The molecule has 1 N–H and O–H groups in total. The summed E-state index contributed by atoms with van der Waals surface area (Å²) in [5.41, 5.74) is -0.785. The minimum Gasteiger partial charge on any atom is -0.363 e. The van der Waals surface area contributed by atoms with Gasteiger partial charge in [0.2, 0.25) is 5.28 Å². The van der Waals surface area contributed by atoms with Crippen molar-refractivity contribution < 1.29 is 22.4 Å². The number of halogens is 5. The molecule has 178 valence electrons. The van der Waals surface area contributed by atoms with E-state index >= 15 is 0 Å². The van der Waals surface area contributed by atoms with E-state index in [4.69, 9.17) is 11.6 Å². The van der Waals surface area contributed by atoms with Crippen LogP contribution in [-0.2, 0) is 17.6 Å². The Balaban J connectivity index is 1.46. The van der Waals surface area contributed by atoms with Gasteiger partial charge in [-0.05, 0) is 50.8 Å². The molecule has 10 heteroatoms. The first kappa shape index (κ1) is 23.9. The lowest BCUT2D eigenvalue weighted by Gasteiger charge is -2.41. The zero-order chi connectivity index (χ0) is 23.9. The van der Waals surface area contributed by atoms with Crippen molar-refractivity contribution in [2.24, 2.45) is 5.92 Å². The fourth-order valence-electron chi connectivity index (χ4n) is 4.74. The van der Waals surface area contributed by atoms with Gasteiger partial charge in [0.25, 0.3) is 6.43 Å². The van der Waals surface area contributed by atoms with Crippen LogP contribution in [0, 0.1) is 11.7 Å². The molecule has 0 spiro atoms. The molecule has 0 bridgehead atoms. The molecule has 1 aromatic heterocycles. The first-order valence-corrected chi connectivity index (χ1v) is 11.2. The van der Waals surface area contributed by atoms with E-state index in [1.807, 2.05) is 0 Å². The molecule has 1 aromatic carbocycles. The Morgan fingerprint density at radius 3 is 2.64 bits per heavy atom. The summed E-state index contributed by atoms with van der Waals surface area (Å²) in [5.74, 6) is -0.840. The van der Waals surface area contributed by atoms with Gasteiger partial charge in [-0.25, -0.2) is 27.5 Å². The van der Waals surface area contributed by atoms with E-state index in [1.165, 1.54) is 12.1 Å². The Kier molecular flexibility index (Phi) is 6.64. The Bertz CT molecular complexity index is 1060. The van der Waals surface area contributed by atoms with Crippen LogP contribution in [0.1, 0.15) is 54.6 Å². The van der Waals surface area contributed by atoms with Gasteiger partial charge in [0.1, 0.15) is 11.6 Å². The average Bonchev–Trinajstić information content (AvgIpc) is 3.13. The quantitative estimate of drug-likeness (QED) is 0.417. The maximum Gasteiger partial charge on any atom is 0.266 e. The summed E-state index contributed by atoms with van der Waals surface area (Å²) in [4.78, 5) is 22.6. The molecule has 1 aliphatic heterocycles. The summed E-state index contributed by atoms with van der Waals surface area (Å²) in [6.07, 6.45) is -1.12. The highest BCUT2D eigenvalue weighted by molar-refractivity contribution is 6.28. The topological polar surface area (TPSA) is 58.1 Å². The third-order valence-corrected chi connectivity index (χ3v) is 6.64. The van der Waals surface area contributed by atoms with E-state index in [-0.39, 0.29) is 42.1 Å². The molecule has 2 aliphatic rings. The SMILES string of the molecule is C[C@@H](Nc1nc(Cl)nc2c1CC(CCC(=O)C1(F)CN(C)C1)C2)c1cccc(C(F)F)c1F. The lowest BCUT2D eigenvalue weighted by molar-refractivity contribution is -0.141. The molecule has 0 saturated carbocycles. The van der Waals surface area contributed by atoms with E-state index < -0.39 is 29.5 Å². The molecule has 0 radical (unpaired) electrons. The van der Waals surface area contributed by atoms with Crippen molar-refractivity contribution in [3.63, 3.8) is 0 Å². The second kappa shape index (κ2) is 9.18. The summed E-state index contributed by atoms with van der Waals surface area (Å²) in [7, 11) is 1.77. The van der Waals surface area contributed by atoms with Crippen molar-refractivity contribution in [2.75, 3.05) is 25.5 Å². The molecule has 5 nitrogen and oxygen atoms in total. The van der Waals surface area contributed by atoms with Crippen LogP contribution < -0.4 is 5.32 Å². The van der Waals surface area contributed by atoms with Crippen LogP contribution in [0.5, 0.6) is 0 Å². The van der Waals surface area contributed by atoms with Gasteiger partial charge in [-0.15, -0.1) is 0 Å². The van der Waals surface area contributed by atoms with Crippen LogP contribution in [0.4, 0.5) is 23.4 Å². The summed E-state index contributed by atoms with van der Waals surface area (Å²) in [5, 5.41) is 3.10. The van der Waals surface area contributed by atoms with Gasteiger partial charge in [-0.3, -0.25) is 9.69 Å². The number of Topliss-reactive ketones (excluding diaryl/α,β-unsaturated/α-hetero) is 1. The molecular formula is C23H25ClF4N4O. The number of nitrogens with zero attached hydrogens (tertiary/aromatic N) is 3. The lowest BCUT2D eigenvalue weighted by atomic mass is 9.87. The largest absolute Gasteiger partial charge is 0.363 e. The zero-order valence-corrected chi connectivity index (χ0v) is 19.1. The molecule has 1 aliphatic carbocycles. The van der Waals surface area contributed by atoms with Crippen molar-refractivity contribution in [3.8, 4) is 0 Å². The van der Waals surface area contributed by atoms with Crippen molar-refractivity contribution >= 4 is 23.2 Å². The summed E-state index contributed by atoms with van der Waals surface area (Å²) < 4.78 is 55.2. The number of hydrogen-bond donors (Lipinski definition) is 1. The molecule has 4 rings (SSSR count). The fourth-order valence-corrected chi connectivity index (χ4v) is 4.93. The van der Waals surface area contributed by atoms with E-state index in [2.05, 4.69) is 15.3 Å². The van der Waals surface area contributed by atoms with Gasteiger partial charge < -0.3 is 5.32 Å². The van der Waals surface area contributed by atoms with Crippen LogP contribution in [-0.4, -0.2) is 46.5 Å². The summed E-state index contributed by atoms with van der Waals surface area (Å²) in [6.45, 7) is 1.91. The van der Waals surface area contributed by atoms with Gasteiger partial charge in [-0.1, -0.05) is 18.2 Å². The Labute approximate surface area is 194 Å². The number of aromatic nitrogens is 2. The Hall–Kier alpha value is -2.26. The normalized spacial score (nSPS) is 20.4. The summed E-state index contributed by atoms with van der Waals surface area (Å²) >= 11 is 6.09. The van der Waals surface area contributed by atoms with E-state index in [1.54, 1.807) is 18.9 Å². The highest BCUT2D eigenvalue weighted by Crippen LogP contribution is 2.36. The highest BCUT2D eigenvalue weighted by Gasteiger charge is 2.47. The van der Waals surface area contributed by atoms with Gasteiger partial charge in [-0.2, -0.15) is 0 Å². The molecule has 2 aromatic rings. The van der Waals surface area contributed by atoms with E-state index in [0.717, 1.165) is 17.3 Å². The third-order valence-electron chi connectivity index (χ3n) is 6.47. The second-order valence-electron chi connectivity index (χ2n) is 9.06. The molecule has 2 heterocycles. The number of likely N-dealkylation sites (tertiary alicyclic amines) is 1. The number of carbonyl (C=O) groups excluding carboxylic acids is 1. The first-order valence-electron chi connectivity index (χ1n) is 10.9. The van der Waals surface area contributed by atoms with E-state index in [9.17, 15) is 22.4 Å². The third kappa shape index (κ3) is 4.84. The van der Waals surface area contributed by atoms with Crippen LogP contribution in [0.25, 0.3) is 0 Å². The number of alkyl halides is 3. The smallest absolute Gasteiger partial charge is 0.266 e. The minimum atomic E-state index is -2.91. The Morgan fingerprint density at radius 1 is 1.27 bits per heavy atom. The maximum absolute atomic E-state index is 14.6. The average molecular weight is 485 g/mol. The van der Waals surface area contributed by atoms with Gasteiger partial charge in [0.05, 0.1) is 17.3 Å². The van der Waals surface area contributed by atoms with Crippen LogP contribution >= 0.6 is 11.6 Å². The molecule has 1 fully saturated rings. The van der Waals surface area contributed by atoms with Crippen molar-refractivity contribution in [1.29, 1.82) is 0 Å². The summed E-state index contributed by atoms with van der Waals surface area (Å²) in [6, 6.07) is 3.24. The molecule has 33 heavy (non-hydrogen) atoms. The van der Waals surface area contributed by atoms with Crippen molar-refractivity contribution in [1.82, 2.24) is 14.9 Å². The number of benzene rings is 1. The predicted molar refractivity (Wildman–Crippen MR) is 117 cm³/mol. The number of carbonyl (C=O) groups is 1. The van der Waals surface area contributed by atoms with Gasteiger partial charge in [0.15, 0.2) is 11.5 Å².